The van der Waals surface area contributed by atoms with Crippen LogP contribution in [0.25, 0.3) is 0 Å². The molecule has 0 saturated carbocycles. The van der Waals surface area contributed by atoms with E-state index in [0.29, 0.717) is 51.6 Å². The molecule has 1 saturated heterocycles. The van der Waals surface area contributed by atoms with E-state index in [1.165, 1.54) is 11.8 Å². The molecule has 0 aromatic heterocycles. The number of piperazine rings is 1. The summed E-state index contributed by atoms with van der Waals surface area (Å²) in [4.78, 5) is 7.48. The van der Waals surface area contributed by atoms with Crippen LogP contribution in [0.3, 0.4) is 0 Å². The van der Waals surface area contributed by atoms with E-state index in [-0.39, 0.29) is 5.75 Å². The molecule has 2 N–H and O–H groups in total. The zero-order valence-electron chi connectivity index (χ0n) is 14.9. The number of halogens is 3. The van der Waals surface area contributed by atoms with Crippen LogP contribution in [0.1, 0.15) is 20.3 Å². The van der Waals surface area contributed by atoms with E-state index in [9.17, 15) is 21.6 Å². The van der Waals surface area contributed by atoms with Gasteiger partial charge in [-0.05, 0) is 20.3 Å². The SMILES string of the molecule is CCS(=O)(=O)NCCCNC(=NC)N1CCN(C(C)C(F)(F)F)CC1. The number of alkyl halides is 3. The van der Waals surface area contributed by atoms with Crippen molar-refractivity contribution in [2.24, 2.45) is 4.99 Å². The first-order chi connectivity index (χ1) is 11.6. The van der Waals surface area contributed by atoms with E-state index in [1.807, 2.05) is 4.90 Å². The molecule has 25 heavy (non-hydrogen) atoms. The highest BCUT2D eigenvalue weighted by Gasteiger charge is 2.41. The molecule has 1 aliphatic rings. The van der Waals surface area contributed by atoms with Crippen LogP contribution in [-0.2, 0) is 10.0 Å². The predicted molar refractivity (Wildman–Crippen MR) is 92.1 cm³/mol. The number of sulfonamides is 1. The quantitative estimate of drug-likeness (QED) is 0.377. The summed E-state index contributed by atoms with van der Waals surface area (Å²) in [5.41, 5.74) is 0. The standard InChI is InChI=1S/C14H28F3N5O2S/c1-4-25(23,24)20-7-5-6-19-13(18-3)22-10-8-21(9-11-22)12(2)14(15,16)17/h12,20H,4-11H2,1-3H3,(H,18,19). The van der Waals surface area contributed by atoms with Crippen LogP contribution in [0.2, 0.25) is 0 Å². The minimum absolute atomic E-state index is 0.0444. The molecular formula is C14H28F3N5O2S. The van der Waals surface area contributed by atoms with Crippen LogP contribution in [0, 0.1) is 0 Å². The van der Waals surface area contributed by atoms with Gasteiger partial charge in [-0.25, -0.2) is 13.1 Å². The van der Waals surface area contributed by atoms with Gasteiger partial charge in [0, 0.05) is 46.3 Å². The number of hydrogen-bond acceptors (Lipinski definition) is 4. The van der Waals surface area contributed by atoms with Crippen molar-refractivity contribution in [1.82, 2.24) is 19.8 Å². The van der Waals surface area contributed by atoms with Gasteiger partial charge < -0.3 is 10.2 Å². The second-order valence-corrected chi connectivity index (χ2v) is 7.96. The van der Waals surface area contributed by atoms with Crippen LogP contribution < -0.4 is 10.0 Å². The van der Waals surface area contributed by atoms with Gasteiger partial charge >= 0.3 is 6.18 Å². The predicted octanol–water partition coefficient (Wildman–Crippen LogP) is 0.460. The fourth-order valence-electron chi connectivity index (χ4n) is 2.48. The number of aliphatic imine (C=N–C) groups is 1. The number of nitrogens with zero attached hydrogens (tertiary/aromatic N) is 3. The molecule has 1 heterocycles. The van der Waals surface area contributed by atoms with E-state index < -0.39 is 22.2 Å². The Bertz CT molecular complexity index is 531. The van der Waals surface area contributed by atoms with E-state index in [0.717, 1.165) is 0 Å². The summed E-state index contributed by atoms with van der Waals surface area (Å²) in [6.07, 6.45) is -3.63. The second kappa shape index (κ2) is 9.58. The molecule has 0 spiro atoms. The number of rotatable bonds is 7. The van der Waals surface area contributed by atoms with Gasteiger partial charge in [-0.1, -0.05) is 0 Å². The third-order valence-corrected chi connectivity index (χ3v) is 5.59. The van der Waals surface area contributed by atoms with E-state index in [4.69, 9.17) is 0 Å². The third kappa shape index (κ3) is 7.37. The fourth-order valence-corrected chi connectivity index (χ4v) is 3.14. The maximum atomic E-state index is 12.8. The van der Waals surface area contributed by atoms with Crippen LogP contribution in [0.15, 0.2) is 4.99 Å². The number of hydrogen-bond donors (Lipinski definition) is 2. The Morgan fingerprint density at radius 3 is 2.28 bits per heavy atom. The molecule has 148 valence electrons. The van der Waals surface area contributed by atoms with Gasteiger partial charge in [0.15, 0.2) is 5.96 Å². The van der Waals surface area contributed by atoms with Gasteiger partial charge in [-0.15, -0.1) is 0 Å². The highest BCUT2D eigenvalue weighted by Crippen LogP contribution is 2.25. The molecule has 1 rings (SSSR count). The summed E-state index contributed by atoms with van der Waals surface area (Å²) in [6.45, 7) is 5.16. The third-order valence-electron chi connectivity index (χ3n) is 4.19. The van der Waals surface area contributed by atoms with Gasteiger partial charge in [-0.2, -0.15) is 13.2 Å². The summed E-state index contributed by atoms with van der Waals surface area (Å²) < 4.78 is 63.4. The minimum Gasteiger partial charge on any atom is -0.356 e. The second-order valence-electron chi connectivity index (χ2n) is 5.87. The van der Waals surface area contributed by atoms with Crippen molar-refractivity contribution in [2.75, 3.05) is 52.1 Å². The van der Waals surface area contributed by atoms with Gasteiger partial charge in [0.25, 0.3) is 0 Å². The van der Waals surface area contributed by atoms with Crippen LogP contribution in [-0.4, -0.2) is 88.5 Å². The molecule has 0 amide bonds. The lowest BCUT2D eigenvalue weighted by Crippen LogP contribution is -2.56. The van der Waals surface area contributed by atoms with Crippen molar-refractivity contribution < 1.29 is 21.6 Å². The van der Waals surface area contributed by atoms with Gasteiger partial charge in [0.2, 0.25) is 10.0 Å². The Morgan fingerprint density at radius 1 is 1.20 bits per heavy atom. The largest absolute Gasteiger partial charge is 0.403 e. The number of nitrogens with one attached hydrogen (secondary N) is 2. The van der Waals surface area contributed by atoms with Crippen LogP contribution >= 0.6 is 0 Å². The minimum atomic E-state index is -4.21. The molecule has 1 fully saturated rings. The van der Waals surface area contributed by atoms with Gasteiger partial charge in [0.05, 0.1) is 5.75 Å². The zero-order valence-corrected chi connectivity index (χ0v) is 15.8. The highest BCUT2D eigenvalue weighted by molar-refractivity contribution is 7.89. The summed E-state index contributed by atoms with van der Waals surface area (Å²) in [5, 5.41) is 3.12. The monoisotopic (exact) mass is 387 g/mol. The van der Waals surface area contributed by atoms with E-state index in [2.05, 4.69) is 15.0 Å². The van der Waals surface area contributed by atoms with Crippen molar-refractivity contribution in [3.05, 3.63) is 0 Å². The Balaban J connectivity index is 2.35. The smallest absolute Gasteiger partial charge is 0.356 e. The van der Waals surface area contributed by atoms with Gasteiger partial charge in [-0.3, -0.25) is 9.89 Å². The van der Waals surface area contributed by atoms with Gasteiger partial charge in [0.1, 0.15) is 6.04 Å². The first kappa shape index (κ1) is 22.0. The molecule has 7 nitrogen and oxygen atoms in total. The molecule has 0 bridgehead atoms. The van der Waals surface area contributed by atoms with Crippen molar-refractivity contribution in [2.45, 2.75) is 32.5 Å². The summed E-state index contributed by atoms with van der Waals surface area (Å²) in [6, 6.07) is -1.45. The molecule has 11 heteroatoms. The first-order valence-electron chi connectivity index (χ1n) is 8.34. The molecule has 1 atom stereocenters. The molecule has 1 aliphatic heterocycles. The average molecular weight is 387 g/mol. The van der Waals surface area contributed by atoms with E-state index in [1.54, 1.807) is 14.0 Å². The van der Waals surface area contributed by atoms with Crippen molar-refractivity contribution >= 4 is 16.0 Å². The Hall–Kier alpha value is -1.07. The van der Waals surface area contributed by atoms with Crippen LogP contribution in [0.4, 0.5) is 13.2 Å². The van der Waals surface area contributed by atoms with Crippen molar-refractivity contribution in [1.29, 1.82) is 0 Å². The normalized spacial score (nSPS) is 19.1. The highest BCUT2D eigenvalue weighted by atomic mass is 32.2. The Kier molecular flexibility index (Phi) is 8.42. The lowest BCUT2D eigenvalue weighted by atomic mass is 10.2. The average Bonchev–Trinajstić information content (AvgIpc) is 2.57. The fraction of sp³-hybridized carbons (Fsp3) is 0.929. The summed E-state index contributed by atoms with van der Waals surface area (Å²) in [5.74, 6) is 0.667. The van der Waals surface area contributed by atoms with Crippen molar-refractivity contribution in [3.8, 4) is 0 Å². The molecule has 1 unspecified atom stereocenters. The molecule has 0 radical (unpaired) electrons. The Morgan fingerprint density at radius 2 is 1.80 bits per heavy atom. The van der Waals surface area contributed by atoms with E-state index >= 15 is 0 Å². The summed E-state index contributed by atoms with van der Waals surface area (Å²) in [7, 11) is -1.57. The maximum Gasteiger partial charge on any atom is 0.403 e. The lowest BCUT2D eigenvalue weighted by Gasteiger charge is -2.39. The number of guanidine groups is 1. The van der Waals surface area contributed by atoms with Crippen LogP contribution in [0.5, 0.6) is 0 Å². The zero-order chi connectivity index (χ0) is 19.1. The molecule has 0 aliphatic carbocycles. The lowest BCUT2D eigenvalue weighted by molar-refractivity contribution is -0.181. The topological polar surface area (TPSA) is 77.0 Å². The Labute approximate surface area is 147 Å². The summed E-state index contributed by atoms with van der Waals surface area (Å²) >= 11 is 0. The molecular weight excluding hydrogens is 359 g/mol. The molecule has 0 aromatic carbocycles. The maximum absolute atomic E-state index is 12.8. The molecule has 0 aromatic rings. The van der Waals surface area contributed by atoms with Crippen molar-refractivity contribution in [3.63, 3.8) is 0 Å². The first-order valence-corrected chi connectivity index (χ1v) is 9.99.